The Balaban J connectivity index is 2.06. The summed E-state index contributed by atoms with van der Waals surface area (Å²) in [5.74, 6) is 1.64. The van der Waals surface area contributed by atoms with Crippen molar-refractivity contribution in [3.05, 3.63) is 58.0 Å². The highest BCUT2D eigenvalue weighted by Crippen LogP contribution is 2.42. The molecule has 0 fully saturated rings. The van der Waals surface area contributed by atoms with Crippen LogP contribution in [0.3, 0.4) is 0 Å². The van der Waals surface area contributed by atoms with Crippen molar-refractivity contribution in [2.45, 2.75) is 18.2 Å². The molecule has 0 radical (unpaired) electrons. The molecule has 118 valence electrons. The third-order valence-corrected chi connectivity index (χ3v) is 4.99. The minimum absolute atomic E-state index is 0.0709. The van der Waals surface area contributed by atoms with Gasteiger partial charge in [0.05, 0.1) is 19.1 Å². The lowest BCUT2D eigenvalue weighted by atomic mass is 10.0. The zero-order valence-electron chi connectivity index (χ0n) is 13.4. The van der Waals surface area contributed by atoms with Gasteiger partial charge in [-0.2, -0.15) is 0 Å². The summed E-state index contributed by atoms with van der Waals surface area (Å²) < 4.78 is 11.0. The Morgan fingerprint density at radius 2 is 1.87 bits per heavy atom. The number of benzene rings is 2. The summed E-state index contributed by atoms with van der Waals surface area (Å²) in [5.41, 5.74) is 2.68. The largest absolute Gasteiger partial charge is 0.496 e. The maximum Gasteiger partial charge on any atom is 0.200 e. The number of fused-ring (bicyclic) bond motifs is 1. The second-order valence-electron chi connectivity index (χ2n) is 5.16. The molecular formula is C19H18O3S. The molecule has 0 aromatic heterocycles. The van der Waals surface area contributed by atoms with Crippen molar-refractivity contribution in [2.24, 2.45) is 0 Å². The van der Waals surface area contributed by atoms with Crippen LogP contribution in [-0.2, 0) is 6.42 Å². The minimum atomic E-state index is 0.0709. The predicted molar refractivity (Wildman–Crippen MR) is 93.5 cm³/mol. The van der Waals surface area contributed by atoms with Crippen LogP contribution in [0.4, 0.5) is 0 Å². The molecule has 0 unspecified atom stereocenters. The summed E-state index contributed by atoms with van der Waals surface area (Å²) in [7, 11) is 3.30. The number of carbonyl (C=O) groups excluding carboxylic acids is 1. The summed E-state index contributed by atoms with van der Waals surface area (Å²) in [4.78, 5) is 14.2. The van der Waals surface area contributed by atoms with E-state index in [1.807, 2.05) is 42.5 Å². The van der Waals surface area contributed by atoms with E-state index in [4.69, 9.17) is 9.47 Å². The van der Waals surface area contributed by atoms with Crippen LogP contribution in [0.5, 0.6) is 11.5 Å². The van der Waals surface area contributed by atoms with Crippen molar-refractivity contribution < 1.29 is 14.3 Å². The average Bonchev–Trinajstić information content (AvgIpc) is 2.90. The fraction of sp³-hybridized carbons (Fsp3) is 0.211. The van der Waals surface area contributed by atoms with Gasteiger partial charge < -0.3 is 9.47 Å². The molecule has 0 N–H and O–H groups in total. The number of thioether (sulfide) groups is 1. The molecule has 1 heterocycles. The van der Waals surface area contributed by atoms with Gasteiger partial charge in [0.2, 0.25) is 5.78 Å². The third kappa shape index (κ3) is 2.75. The van der Waals surface area contributed by atoms with Crippen molar-refractivity contribution >= 4 is 23.6 Å². The van der Waals surface area contributed by atoms with E-state index in [9.17, 15) is 4.79 Å². The van der Waals surface area contributed by atoms with Crippen molar-refractivity contribution in [1.82, 2.24) is 0 Å². The van der Waals surface area contributed by atoms with E-state index < -0.39 is 0 Å². The van der Waals surface area contributed by atoms with E-state index >= 15 is 0 Å². The summed E-state index contributed by atoms with van der Waals surface area (Å²) in [5, 5.41) is 0. The fourth-order valence-corrected chi connectivity index (χ4v) is 3.83. The van der Waals surface area contributed by atoms with Crippen molar-refractivity contribution in [1.29, 1.82) is 0 Å². The van der Waals surface area contributed by atoms with E-state index in [0.717, 1.165) is 44.4 Å². The number of carbonyl (C=O) groups is 1. The topological polar surface area (TPSA) is 35.5 Å². The van der Waals surface area contributed by atoms with Crippen LogP contribution in [0.15, 0.2) is 46.2 Å². The number of Topliss-reactive ketones (excluding diaryl/α,β-unsaturated/α-hetero) is 1. The maximum atomic E-state index is 12.5. The highest BCUT2D eigenvalue weighted by atomic mass is 32.2. The van der Waals surface area contributed by atoms with Gasteiger partial charge in [-0.25, -0.2) is 0 Å². The van der Waals surface area contributed by atoms with Gasteiger partial charge >= 0.3 is 0 Å². The normalized spacial score (nSPS) is 14.9. The Morgan fingerprint density at radius 1 is 1.09 bits per heavy atom. The van der Waals surface area contributed by atoms with Gasteiger partial charge in [-0.05, 0) is 36.8 Å². The standard InChI is InChI=1S/C19H18O3S/c1-4-13-15(21-2)10-9-12(19(13)22-3)11-17-18(20)14-7-5-6-8-16(14)23-17/h5-11H,4H2,1-3H3/b17-11+. The first-order chi connectivity index (χ1) is 11.2. The molecule has 3 nitrogen and oxygen atoms in total. The fourth-order valence-electron chi connectivity index (χ4n) is 2.79. The van der Waals surface area contributed by atoms with Gasteiger partial charge in [-0.15, -0.1) is 0 Å². The lowest BCUT2D eigenvalue weighted by Gasteiger charge is -2.14. The van der Waals surface area contributed by atoms with Gasteiger partial charge in [0, 0.05) is 21.6 Å². The summed E-state index contributed by atoms with van der Waals surface area (Å²) in [6.45, 7) is 2.06. The molecular weight excluding hydrogens is 308 g/mol. The van der Waals surface area contributed by atoms with E-state index in [1.54, 1.807) is 14.2 Å². The number of methoxy groups -OCH3 is 2. The van der Waals surface area contributed by atoms with Gasteiger partial charge in [0.15, 0.2) is 0 Å². The number of hydrogen-bond acceptors (Lipinski definition) is 4. The molecule has 1 aliphatic rings. The van der Waals surface area contributed by atoms with E-state index in [0.29, 0.717) is 0 Å². The molecule has 4 heteroatoms. The molecule has 0 amide bonds. The predicted octanol–water partition coefficient (Wildman–Crippen LogP) is 4.60. The first-order valence-corrected chi connectivity index (χ1v) is 8.28. The van der Waals surface area contributed by atoms with Crippen LogP contribution >= 0.6 is 11.8 Å². The lowest BCUT2D eigenvalue weighted by molar-refractivity contribution is 0.104. The quantitative estimate of drug-likeness (QED) is 0.770. The molecule has 0 bridgehead atoms. The monoisotopic (exact) mass is 326 g/mol. The number of ether oxygens (including phenoxy) is 2. The molecule has 0 aliphatic carbocycles. The Bertz CT molecular complexity index is 793. The van der Waals surface area contributed by atoms with Gasteiger partial charge in [0.1, 0.15) is 11.5 Å². The van der Waals surface area contributed by atoms with E-state index in [2.05, 4.69) is 6.92 Å². The van der Waals surface area contributed by atoms with Crippen molar-refractivity contribution in [3.63, 3.8) is 0 Å². The highest BCUT2D eigenvalue weighted by molar-refractivity contribution is 8.04. The first kappa shape index (κ1) is 15.7. The van der Waals surface area contributed by atoms with E-state index in [1.165, 1.54) is 11.8 Å². The Morgan fingerprint density at radius 3 is 2.52 bits per heavy atom. The van der Waals surface area contributed by atoms with Gasteiger partial charge in [-0.3, -0.25) is 4.79 Å². The molecule has 3 rings (SSSR count). The smallest absolute Gasteiger partial charge is 0.200 e. The third-order valence-electron chi connectivity index (χ3n) is 3.89. The summed E-state index contributed by atoms with van der Waals surface area (Å²) in [6.07, 6.45) is 2.70. The molecule has 0 atom stereocenters. The zero-order chi connectivity index (χ0) is 16.4. The second-order valence-corrected chi connectivity index (χ2v) is 6.24. The van der Waals surface area contributed by atoms with Crippen molar-refractivity contribution in [3.8, 4) is 11.5 Å². The SMILES string of the molecule is CCc1c(OC)ccc(/C=C2/Sc3ccccc3C2=O)c1OC. The molecule has 1 aliphatic heterocycles. The molecule has 0 spiro atoms. The zero-order valence-corrected chi connectivity index (χ0v) is 14.2. The summed E-state index contributed by atoms with van der Waals surface area (Å²) in [6, 6.07) is 11.5. The number of ketones is 1. The number of hydrogen-bond donors (Lipinski definition) is 0. The Hall–Kier alpha value is -2.20. The van der Waals surface area contributed by atoms with Crippen LogP contribution in [0.25, 0.3) is 6.08 Å². The van der Waals surface area contributed by atoms with Crippen molar-refractivity contribution in [2.75, 3.05) is 14.2 Å². The minimum Gasteiger partial charge on any atom is -0.496 e. The van der Waals surface area contributed by atoms with Crippen LogP contribution in [0.1, 0.15) is 28.4 Å². The molecule has 0 saturated heterocycles. The second kappa shape index (κ2) is 6.50. The van der Waals surface area contributed by atoms with Crippen LogP contribution in [-0.4, -0.2) is 20.0 Å². The maximum absolute atomic E-state index is 12.5. The Kier molecular flexibility index (Phi) is 4.44. The van der Waals surface area contributed by atoms with Crippen LogP contribution < -0.4 is 9.47 Å². The highest BCUT2D eigenvalue weighted by Gasteiger charge is 2.26. The summed E-state index contributed by atoms with van der Waals surface area (Å²) >= 11 is 1.51. The van der Waals surface area contributed by atoms with Gasteiger partial charge in [0.25, 0.3) is 0 Å². The number of rotatable bonds is 4. The van der Waals surface area contributed by atoms with E-state index in [-0.39, 0.29) is 5.78 Å². The lowest BCUT2D eigenvalue weighted by Crippen LogP contribution is -1.99. The Labute approximate surface area is 140 Å². The van der Waals surface area contributed by atoms with Crippen LogP contribution in [0, 0.1) is 0 Å². The van der Waals surface area contributed by atoms with Gasteiger partial charge in [-0.1, -0.05) is 30.8 Å². The average molecular weight is 326 g/mol. The molecule has 2 aromatic carbocycles. The molecule has 23 heavy (non-hydrogen) atoms. The van der Waals surface area contributed by atoms with Crippen LogP contribution in [0.2, 0.25) is 0 Å². The first-order valence-electron chi connectivity index (χ1n) is 7.46. The number of allylic oxidation sites excluding steroid dienone is 1. The molecule has 0 saturated carbocycles. The molecule has 2 aromatic rings.